The molecule has 0 aliphatic carbocycles. The van der Waals surface area contributed by atoms with Gasteiger partial charge in [0.05, 0.1) is 12.7 Å². The summed E-state index contributed by atoms with van der Waals surface area (Å²) in [6.07, 6.45) is -4.02. The van der Waals surface area contributed by atoms with Gasteiger partial charge in [-0.25, -0.2) is 4.79 Å². The number of carbonyl (C=O) groups is 1. The van der Waals surface area contributed by atoms with Crippen molar-refractivity contribution in [2.24, 2.45) is 0 Å². The largest absolute Gasteiger partial charge is 0.497 e. The molecule has 0 saturated carbocycles. The zero-order valence-corrected chi connectivity index (χ0v) is 13.0. The summed E-state index contributed by atoms with van der Waals surface area (Å²) in [4.78, 5) is 11.7. The smallest absolute Gasteiger partial charge is 0.437 e. The molecule has 0 radical (unpaired) electrons. The number of halogens is 3. The lowest BCUT2D eigenvalue weighted by Gasteiger charge is -2.39. The van der Waals surface area contributed by atoms with E-state index in [0.717, 1.165) is 12.1 Å². The van der Waals surface area contributed by atoms with Crippen molar-refractivity contribution in [3.8, 4) is 11.5 Å². The topological polar surface area (TPSA) is 55.8 Å². The van der Waals surface area contributed by atoms with Crippen LogP contribution in [-0.4, -0.2) is 24.4 Å². The minimum absolute atomic E-state index is 0.0485. The van der Waals surface area contributed by atoms with Gasteiger partial charge in [-0.3, -0.25) is 0 Å². The lowest BCUT2D eigenvalue weighted by Crippen LogP contribution is -2.52. The number of hydrogen-bond acceptors (Lipinski definition) is 3. The monoisotopic (exact) mass is 350 g/mol. The highest BCUT2D eigenvalue weighted by Crippen LogP contribution is 2.52. The number of fused-ring (bicyclic) bond motifs is 1. The van der Waals surface area contributed by atoms with E-state index in [1.165, 1.54) is 43.5 Å². The number of carboxylic acid groups (broad SMARTS) is 1. The zero-order chi connectivity index (χ0) is 18.2. The summed E-state index contributed by atoms with van der Waals surface area (Å²) >= 11 is 0. The maximum Gasteiger partial charge on any atom is 0.437 e. The van der Waals surface area contributed by atoms with Crippen LogP contribution in [0.2, 0.25) is 0 Å². The molecule has 1 aliphatic heterocycles. The molecule has 1 N–H and O–H groups in total. The number of para-hydroxylation sites is 1. The van der Waals surface area contributed by atoms with E-state index >= 15 is 0 Å². The summed E-state index contributed by atoms with van der Waals surface area (Å²) in [5.74, 6) is -1.60. The van der Waals surface area contributed by atoms with Crippen LogP contribution in [0.15, 0.2) is 54.1 Å². The van der Waals surface area contributed by atoms with Crippen molar-refractivity contribution < 1.29 is 32.5 Å². The Labute approximate surface area is 141 Å². The molecule has 0 spiro atoms. The molecule has 2 aromatic rings. The van der Waals surface area contributed by atoms with Crippen LogP contribution in [0.1, 0.15) is 11.1 Å². The van der Waals surface area contributed by atoms with Crippen LogP contribution < -0.4 is 9.47 Å². The molecule has 1 heterocycles. The molecule has 0 saturated heterocycles. The van der Waals surface area contributed by atoms with Crippen LogP contribution >= 0.6 is 0 Å². The van der Waals surface area contributed by atoms with Gasteiger partial charge >= 0.3 is 12.1 Å². The predicted octanol–water partition coefficient (Wildman–Crippen LogP) is 4.01. The summed E-state index contributed by atoms with van der Waals surface area (Å²) in [5, 5.41) is 9.47. The van der Waals surface area contributed by atoms with Gasteiger partial charge in [-0.15, -0.1) is 0 Å². The van der Waals surface area contributed by atoms with Gasteiger partial charge in [-0.1, -0.05) is 30.3 Å². The molecule has 4 nitrogen and oxygen atoms in total. The molecule has 0 bridgehead atoms. The Balaban J connectivity index is 2.33. The van der Waals surface area contributed by atoms with Crippen molar-refractivity contribution in [3.63, 3.8) is 0 Å². The Hall–Kier alpha value is -2.96. The minimum Gasteiger partial charge on any atom is -0.497 e. The van der Waals surface area contributed by atoms with Gasteiger partial charge in [0.15, 0.2) is 0 Å². The summed E-state index contributed by atoms with van der Waals surface area (Å²) in [6, 6.07) is 11.1. The molecule has 0 amide bonds. The van der Waals surface area contributed by atoms with Gasteiger partial charge in [0.1, 0.15) is 11.5 Å². The normalized spacial score (nSPS) is 19.4. The lowest BCUT2D eigenvalue weighted by atomic mass is 9.82. The molecule has 0 aromatic heterocycles. The fourth-order valence-electron chi connectivity index (χ4n) is 2.81. The predicted molar refractivity (Wildman–Crippen MR) is 83.4 cm³/mol. The van der Waals surface area contributed by atoms with Crippen molar-refractivity contribution in [1.29, 1.82) is 0 Å². The second kappa shape index (κ2) is 5.84. The van der Waals surface area contributed by atoms with Crippen LogP contribution in [0.3, 0.4) is 0 Å². The van der Waals surface area contributed by atoms with Crippen LogP contribution in [0.4, 0.5) is 13.2 Å². The molecule has 130 valence electrons. The molecule has 25 heavy (non-hydrogen) atoms. The highest BCUT2D eigenvalue weighted by atomic mass is 19.4. The molecule has 3 rings (SSSR count). The third-order valence-corrected chi connectivity index (χ3v) is 3.97. The molecular formula is C18H13F3O4. The number of carboxylic acids is 1. The number of aliphatic carboxylic acids is 1. The Morgan fingerprint density at radius 2 is 1.88 bits per heavy atom. The second-order valence-corrected chi connectivity index (χ2v) is 5.41. The van der Waals surface area contributed by atoms with E-state index in [4.69, 9.17) is 9.47 Å². The Morgan fingerprint density at radius 3 is 2.52 bits per heavy atom. The van der Waals surface area contributed by atoms with E-state index in [1.54, 1.807) is 6.07 Å². The Bertz CT molecular complexity index is 857. The van der Waals surface area contributed by atoms with Crippen LogP contribution in [0.5, 0.6) is 11.5 Å². The number of ether oxygens (including phenoxy) is 2. The van der Waals surface area contributed by atoms with E-state index in [1.807, 2.05) is 0 Å². The standard InChI is InChI=1S/C18H13F3O4/c1-24-13-7-4-6-12(10-13)17(18(19,20)21)14(16(22)23)9-11-5-2-3-8-15(11)25-17/h2-10H,1H3,(H,22,23). The van der Waals surface area contributed by atoms with Crippen molar-refractivity contribution in [2.45, 2.75) is 11.8 Å². The summed E-state index contributed by atoms with van der Waals surface area (Å²) in [6.45, 7) is 0. The van der Waals surface area contributed by atoms with E-state index in [2.05, 4.69) is 0 Å². The van der Waals surface area contributed by atoms with Crippen LogP contribution in [0, 0.1) is 0 Å². The van der Waals surface area contributed by atoms with Crippen molar-refractivity contribution in [2.75, 3.05) is 7.11 Å². The Morgan fingerprint density at radius 1 is 1.16 bits per heavy atom. The minimum atomic E-state index is -5.02. The average Bonchev–Trinajstić information content (AvgIpc) is 2.59. The van der Waals surface area contributed by atoms with Gasteiger partial charge < -0.3 is 14.6 Å². The summed E-state index contributed by atoms with van der Waals surface area (Å²) < 4.78 is 52.7. The maximum atomic E-state index is 14.2. The molecular weight excluding hydrogens is 337 g/mol. The molecule has 1 aliphatic rings. The SMILES string of the molecule is COc1cccc(C2(C(F)(F)F)Oc3ccccc3C=C2C(=O)O)c1. The second-order valence-electron chi connectivity index (χ2n) is 5.41. The number of methoxy groups -OCH3 is 1. The van der Waals surface area contributed by atoms with Crippen molar-refractivity contribution in [1.82, 2.24) is 0 Å². The number of alkyl halides is 3. The molecule has 7 heteroatoms. The van der Waals surface area contributed by atoms with E-state index in [-0.39, 0.29) is 22.6 Å². The van der Waals surface area contributed by atoms with Gasteiger partial charge in [-0.2, -0.15) is 13.2 Å². The molecule has 1 atom stereocenters. The quantitative estimate of drug-likeness (QED) is 0.909. The fourth-order valence-corrected chi connectivity index (χ4v) is 2.81. The Kier molecular flexibility index (Phi) is 3.94. The first-order chi connectivity index (χ1) is 11.8. The highest BCUT2D eigenvalue weighted by Gasteiger charge is 2.64. The van der Waals surface area contributed by atoms with E-state index in [9.17, 15) is 23.1 Å². The summed E-state index contributed by atoms with van der Waals surface area (Å²) in [7, 11) is 1.31. The third kappa shape index (κ3) is 2.61. The molecule has 0 fully saturated rings. The van der Waals surface area contributed by atoms with E-state index < -0.39 is 23.3 Å². The first kappa shape index (κ1) is 16.9. The van der Waals surface area contributed by atoms with Gasteiger partial charge in [0, 0.05) is 11.1 Å². The van der Waals surface area contributed by atoms with Gasteiger partial charge in [0.2, 0.25) is 0 Å². The molecule has 2 aromatic carbocycles. The van der Waals surface area contributed by atoms with Crippen LogP contribution in [0.25, 0.3) is 6.08 Å². The van der Waals surface area contributed by atoms with Crippen molar-refractivity contribution in [3.05, 3.63) is 65.2 Å². The average molecular weight is 350 g/mol. The highest BCUT2D eigenvalue weighted by molar-refractivity contribution is 5.96. The first-order valence-electron chi connectivity index (χ1n) is 7.24. The third-order valence-electron chi connectivity index (χ3n) is 3.97. The number of benzene rings is 2. The lowest BCUT2D eigenvalue weighted by molar-refractivity contribution is -0.240. The van der Waals surface area contributed by atoms with Crippen molar-refractivity contribution >= 4 is 12.0 Å². The van der Waals surface area contributed by atoms with E-state index in [0.29, 0.717) is 0 Å². The summed E-state index contributed by atoms with van der Waals surface area (Å²) in [5.41, 5.74) is -4.15. The fraction of sp³-hybridized carbons (Fsp3) is 0.167. The van der Waals surface area contributed by atoms with Crippen LogP contribution in [-0.2, 0) is 10.4 Å². The maximum absolute atomic E-state index is 14.2. The molecule has 1 unspecified atom stereocenters. The van der Waals surface area contributed by atoms with Gasteiger partial charge in [-0.05, 0) is 24.3 Å². The number of hydrogen-bond donors (Lipinski definition) is 1. The zero-order valence-electron chi connectivity index (χ0n) is 13.0. The number of rotatable bonds is 3. The van der Waals surface area contributed by atoms with Gasteiger partial charge in [0.25, 0.3) is 5.60 Å². The first-order valence-corrected chi connectivity index (χ1v) is 7.24.